The third kappa shape index (κ3) is 3.28. The predicted octanol–water partition coefficient (Wildman–Crippen LogP) is 1.49. The maximum absolute atomic E-state index is 11.8. The first kappa shape index (κ1) is 14.8. The van der Waals surface area contributed by atoms with Crippen molar-refractivity contribution in [3.05, 3.63) is 34.4 Å². The molecule has 1 aromatic rings. The fraction of sp³-hybridized carbons (Fsp3) is 0.385. The summed E-state index contributed by atoms with van der Waals surface area (Å²) in [6, 6.07) is 5.76. The van der Waals surface area contributed by atoms with Gasteiger partial charge in [-0.05, 0) is 24.3 Å². The van der Waals surface area contributed by atoms with Gasteiger partial charge in [0.25, 0.3) is 0 Å². The van der Waals surface area contributed by atoms with E-state index in [0.717, 1.165) is 0 Å². The third-order valence-corrected chi connectivity index (χ3v) is 3.33. The molecule has 0 saturated heterocycles. The second-order valence-corrected chi connectivity index (χ2v) is 4.76. The normalized spacial score (nSPS) is 19.5. The second-order valence-electron chi connectivity index (χ2n) is 4.76. The number of hydrogen-bond acceptors (Lipinski definition) is 5. The summed E-state index contributed by atoms with van der Waals surface area (Å²) < 4.78 is 4.59. The molecular formula is C13H15N3O5. The van der Waals surface area contributed by atoms with Crippen LogP contribution < -0.4 is 10.2 Å². The summed E-state index contributed by atoms with van der Waals surface area (Å²) in [5.74, 6) is -0.914. The largest absolute Gasteiger partial charge is 0.452 e. The lowest BCUT2D eigenvalue weighted by Gasteiger charge is -2.15. The molecule has 1 aliphatic rings. The maximum Gasteiger partial charge on any atom is 0.413 e. The standard InChI is InChI=1S/C13H15N3O5/c1-15(13(18)21-2)9-5-3-8(4-6-9)14-12(17)10-7-11(10)16(19)20/h3-6,10-11H,7H2,1-2H3,(H,14,17)/t10-,11+/m1/s1. The Morgan fingerprint density at radius 3 is 2.48 bits per heavy atom. The Kier molecular flexibility index (Phi) is 4.06. The van der Waals surface area contributed by atoms with Gasteiger partial charge < -0.3 is 10.1 Å². The first-order valence-corrected chi connectivity index (χ1v) is 6.30. The van der Waals surface area contributed by atoms with Gasteiger partial charge in [-0.2, -0.15) is 0 Å². The van der Waals surface area contributed by atoms with Crippen molar-refractivity contribution in [1.29, 1.82) is 0 Å². The molecule has 1 saturated carbocycles. The Morgan fingerprint density at radius 1 is 1.38 bits per heavy atom. The monoisotopic (exact) mass is 293 g/mol. The molecule has 0 heterocycles. The summed E-state index contributed by atoms with van der Waals surface area (Å²) in [5, 5.41) is 13.1. The lowest BCUT2D eigenvalue weighted by molar-refractivity contribution is -0.497. The lowest BCUT2D eigenvalue weighted by atomic mass is 10.2. The molecule has 0 unspecified atom stereocenters. The minimum Gasteiger partial charge on any atom is -0.452 e. The van der Waals surface area contributed by atoms with Gasteiger partial charge in [-0.1, -0.05) is 0 Å². The summed E-state index contributed by atoms with van der Waals surface area (Å²) in [4.78, 5) is 34.5. The Balaban J connectivity index is 1.95. The van der Waals surface area contributed by atoms with Crippen LogP contribution in [0.4, 0.5) is 16.2 Å². The molecule has 0 aromatic heterocycles. The SMILES string of the molecule is COC(=O)N(C)c1ccc(NC(=O)[C@@H]2C[C@@H]2[N+](=O)[O-])cc1. The van der Waals surface area contributed by atoms with E-state index >= 15 is 0 Å². The van der Waals surface area contributed by atoms with E-state index in [9.17, 15) is 19.7 Å². The number of carbonyl (C=O) groups is 2. The van der Waals surface area contributed by atoms with Crippen molar-refractivity contribution in [3.63, 3.8) is 0 Å². The zero-order valence-electron chi connectivity index (χ0n) is 11.6. The number of rotatable bonds is 4. The summed E-state index contributed by atoms with van der Waals surface area (Å²) in [6.07, 6.45) is -0.222. The number of amides is 2. The Morgan fingerprint density at radius 2 is 2.00 bits per heavy atom. The molecule has 0 bridgehead atoms. The number of carbonyl (C=O) groups excluding carboxylic acids is 2. The Bertz CT molecular complexity index is 572. The van der Waals surface area contributed by atoms with Crippen LogP contribution in [0, 0.1) is 16.0 Å². The summed E-state index contributed by atoms with van der Waals surface area (Å²) in [7, 11) is 2.85. The molecule has 2 rings (SSSR count). The van der Waals surface area contributed by atoms with Gasteiger partial charge in [0.15, 0.2) is 0 Å². The predicted molar refractivity (Wildman–Crippen MR) is 74.8 cm³/mol. The van der Waals surface area contributed by atoms with Crippen molar-refractivity contribution >= 4 is 23.4 Å². The van der Waals surface area contributed by atoms with E-state index in [2.05, 4.69) is 10.1 Å². The number of hydrogen-bond donors (Lipinski definition) is 1. The number of nitro groups is 1. The molecule has 0 radical (unpaired) electrons. The zero-order valence-corrected chi connectivity index (χ0v) is 11.6. The molecular weight excluding hydrogens is 278 g/mol. The molecule has 112 valence electrons. The molecule has 1 N–H and O–H groups in total. The molecule has 0 spiro atoms. The average molecular weight is 293 g/mol. The Hall–Kier alpha value is -2.64. The van der Waals surface area contributed by atoms with E-state index in [1.165, 1.54) is 12.0 Å². The topological polar surface area (TPSA) is 102 Å². The van der Waals surface area contributed by atoms with Gasteiger partial charge in [-0.3, -0.25) is 19.8 Å². The van der Waals surface area contributed by atoms with Crippen molar-refractivity contribution < 1.29 is 19.2 Å². The molecule has 1 aliphatic carbocycles. The molecule has 8 nitrogen and oxygen atoms in total. The highest BCUT2D eigenvalue weighted by atomic mass is 16.6. The van der Waals surface area contributed by atoms with Crippen molar-refractivity contribution in [2.24, 2.45) is 5.92 Å². The van der Waals surface area contributed by atoms with Crippen LogP contribution in [0.2, 0.25) is 0 Å². The van der Waals surface area contributed by atoms with Gasteiger partial charge in [0, 0.05) is 29.8 Å². The number of nitrogens with one attached hydrogen (secondary N) is 1. The van der Waals surface area contributed by atoms with Gasteiger partial charge in [0.05, 0.1) is 7.11 Å². The van der Waals surface area contributed by atoms with E-state index in [1.54, 1.807) is 31.3 Å². The van der Waals surface area contributed by atoms with Crippen molar-refractivity contribution in [2.75, 3.05) is 24.4 Å². The zero-order chi connectivity index (χ0) is 15.6. The van der Waals surface area contributed by atoms with Gasteiger partial charge in [-0.25, -0.2) is 4.79 Å². The smallest absolute Gasteiger partial charge is 0.413 e. The lowest BCUT2D eigenvalue weighted by Crippen LogP contribution is -2.25. The quantitative estimate of drug-likeness (QED) is 0.669. The van der Waals surface area contributed by atoms with Crippen LogP contribution in [0.3, 0.4) is 0 Å². The minimum atomic E-state index is -0.769. The summed E-state index contributed by atoms with van der Waals surface area (Å²) in [6.45, 7) is 0. The van der Waals surface area contributed by atoms with Crippen molar-refractivity contribution in [2.45, 2.75) is 12.5 Å². The average Bonchev–Trinajstić information content (AvgIpc) is 3.27. The number of nitrogens with zero attached hydrogens (tertiary/aromatic N) is 2. The molecule has 0 aliphatic heterocycles. The highest BCUT2D eigenvalue weighted by Gasteiger charge is 2.53. The highest BCUT2D eigenvalue weighted by Crippen LogP contribution is 2.34. The maximum atomic E-state index is 11.8. The van der Waals surface area contributed by atoms with Crippen LogP contribution in [-0.4, -0.2) is 37.1 Å². The van der Waals surface area contributed by atoms with E-state index in [-0.39, 0.29) is 12.3 Å². The van der Waals surface area contributed by atoms with E-state index < -0.39 is 23.0 Å². The third-order valence-electron chi connectivity index (χ3n) is 3.33. The number of ether oxygens (including phenoxy) is 1. The van der Waals surface area contributed by atoms with Crippen LogP contribution >= 0.6 is 0 Å². The molecule has 21 heavy (non-hydrogen) atoms. The first-order chi connectivity index (χ1) is 9.93. The Labute approximate surface area is 120 Å². The van der Waals surface area contributed by atoms with Crippen LogP contribution in [0.5, 0.6) is 0 Å². The van der Waals surface area contributed by atoms with Gasteiger partial charge in [-0.15, -0.1) is 0 Å². The number of anilines is 2. The first-order valence-electron chi connectivity index (χ1n) is 6.30. The molecule has 1 aromatic carbocycles. The second kappa shape index (κ2) is 5.78. The van der Waals surface area contributed by atoms with E-state index in [4.69, 9.17) is 0 Å². The van der Waals surface area contributed by atoms with Gasteiger partial charge >= 0.3 is 6.09 Å². The van der Waals surface area contributed by atoms with Crippen molar-refractivity contribution in [1.82, 2.24) is 0 Å². The molecule has 2 amide bonds. The van der Waals surface area contributed by atoms with Gasteiger partial charge in [0.1, 0.15) is 5.92 Å². The van der Waals surface area contributed by atoms with Gasteiger partial charge in [0.2, 0.25) is 11.9 Å². The minimum absolute atomic E-state index is 0.280. The number of methoxy groups -OCH3 is 1. The van der Waals surface area contributed by atoms with E-state index in [1.807, 2.05) is 0 Å². The highest BCUT2D eigenvalue weighted by molar-refractivity contribution is 5.95. The molecule has 1 fully saturated rings. The fourth-order valence-corrected chi connectivity index (χ4v) is 1.94. The van der Waals surface area contributed by atoms with Crippen LogP contribution in [0.25, 0.3) is 0 Å². The fourth-order valence-electron chi connectivity index (χ4n) is 1.94. The number of benzene rings is 1. The summed E-state index contributed by atoms with van der Waals surface area (Å²) >= 11 is 0. The molecule has 2 atom stereocenters. The van der Waals surface area contributed by atoms with Crippen LogP contribution in [0.15, 0.2) is 24.3 Å². The van der Waals surface area contributed by atoms with Crippen LogP contribution in [0.1, 0.15) is 6.42 Å². The van der Waals surface area contributed by atoms with Crippen molar-refractivity contribution in [3.8, 4) is 0 Å². The summed E-state index contributed by atoms with van der Waals surface area (Å²) in [5.41, 5.74) is 1.13. The van der Waals surface area contributed by atoms with E-state index in [0.29, 0.717) is 11.4 Å². The molecule has 8 heteroatoms. The van der Waals surface area contributed by atoms with Crippen LogP contribution in [-0.2, 0) is 9.53 Å².